The van der Waals surface area contributed by atoms with Gasteiger partial charge in [-0.15, -0.1) is 0 Å². The molecule has 0 atom stereocenters. The van der Waals surface area contributed by atoms with Crippen LogP contribution in [0.25, 0.3) is 0 Å². The van der Waals surface area contributed by atoms with Gasteiger partial charge in [0, 0.05) is 13.1 Å². The molecule has 0 aliphatic carbocycles. The summed E-state index contributed by atoms with van der Waals surface area (Å²) in [6.07, 6.45) is 1.60. The van der Waals surface area contributed by atoms with E-state index in [0.29, 0.717) is 0 Å². The Kier molecular flexibility index (Phi) is 6.16. The van der Waals surface area contributed by atoms with E-state index in [4.69, 9.17) is 4.74 Å². The number of piperidine rings is 1. The Hall–Kier alpha value is -0.990. The first-order valence-electron chi connectivity index (χ1n) is 6.03. The molecular weight excluding hydrogens is 202 g/mol. The van der Waals surface area contributed by atoms with Gasteiger partial charge in [0.2, 0.25) is 0 Å². The van der Waals surface area contributed by atoms with E-state index in [0.717, 1.165) is 25.9 Å². The smallest absolute Gasteiger partial charge is 0.410 e. The number of carbonyl (C=O) groups excluding carboxylic acids is 1. The Morgan fingerprint density at radius 2 is 1.69 bits per heavy atom. The van der Waals surface area contributed by atoms with Crippen LogP contribution in [0.15, 0.2) is 12.2 Å². The third-order valence-corrected chi connectivity index (χ3v) is 2.12. The van der Waals surface area contributed by atoms with Gasteiger partial charge < -0.3 is 9.64 Å². The zero-order chi connectivity index (χ0) is 12.8. The van der Waals surface area contributed by atoms with Crippen LogP contribution in [0.4, 0.5) is 4.79 Å². The minimum Gasteiger partial charge on any atom is -0.444 e. The highest BCUT2D eigenvalue weighted by molar-refractivity contribution is 5.68. The molecule has 0 saturated carbocycles. The molecule has 0 radical (unpaired) electrons. The van der Waals surface area contributed by atoms with E-state index in [1.165, 1.54) is 5.57 Å². The molecule has 0 bridgehead atoms. The molecule has 3 nitrogen and oxygen atoms in total. The average molecular weight is 227 g/mol. The van der Waals surface area contributed by atoms with Gasteiger partial charge in [-0.3, -0.25) is 0 Å². The highest BCUT2D eigenvalue weighted by Crippen LogP contribution is 2.17. The van der Waals surface area contributed by atoms with E-state index < -0.39 is 5.60 Å². The summed E-state index contributed by atoms with van der Waals surface area (Å²) in [7, 11) is 0. The fraction of sp³-hybridized carbons (Fsp3) is 0.769. The molecule has 1 saturated heterocycles. The van der Waals surface area contributed by atoms with Crippen molar-refractivity contribution in [3.63, 3.8) is 0 Å². The molecule has 94 valence electrons. The van der Waals surface area contributed by atoms with Gasteiger partial charge in [0.05, 0.1) is 0 Å². The molecular formula is C13H25NO2. The van der Waals surface area contributed by atoms with Crippen molar-refractivity contribution in [3.05, 3.63) is 12.2 Å². The van der Waals surface area contributed by atoms with Crippen molar-refractivity contribution in [2.45, 2.75) is 53.1 Å². The number of amides is 1. The maximum Gasteiger partial charge on any atom is 0.410 e. The van der Waals surface area contributed by atoms with E-state index in [1.807, 2.05) is 34.6 Å². The third kappa shape index (κ3) is 5.79. The van der Waals surface area contributed by atoms with Crippen molar-refractivity contribution >= 4 is 6.09 Å². The second-order valence-corrected chi connectivity index (χ2v) is 4.72. The maximum absolute atomic E-state index is 11.6. The zero-order valence-corrected chi connectivity index (χ0v) is 11.3. The van der Waals surface area contributed by atoms with E-state index >= 15 is 0 Å². The Morgan fingerprint density at radius 1 is 1.25 bits per heavy atom. The lowest BCUT2D eigenvalue weighted by Crippen LogP contribution is -2.40. The number of hydrogen-bond acceptors (Lipinski definition) is 2. The van der Waals surface area contributed by atoms with Gasteiger partial charge in [0.15, 0.2) is 0 Å². The average Bonchev–Trinajstić information content (AvgIpc) is 2.19. The van der Waals surface area contributed by atoms with Gasteiger partial charge in [0.25, 0.3) is 0 Å². The summed E-state index contributed by atoms with van der Waals surface area (Å²) < 4.78 is 5.27. The summed E-state index contributed by atoms with van der Waals surface area (Å²) in [4.78, 5) is 13.3. The summed E-state index contributed by atoms with van der Waals surface area (Å²) in [5, 5.41) is 0. The van der Waals surface area contributed by atoms with Crippen molar-refractivity contribution in [3.8, 4) is 0 Å². The molecule has 0 aromatic rings. The Labute approximate surface area is 99.5 Å². The Morgan fingerprint density at radius 3 is 2.06 bits per heavy atom. The van der Waals surface area contributed by atoms with Crippen LogP contribution in [0.1, 0.15) is 47.5 Å². The van der Waals surface area contributed by atoms with Crippen molar-refractivity contribution in [2.75, 3.05) is 13.1 Å². The summed E-state index contributed by atoms with van der Waals surface area (Å²) in [6.45, 7) is 15.0. The minimum atomic E-state index is -0.397. The zero-order valence-electron chi connectivity index (χ0n) is 11.3. The van der Waals surface area contributed by atoms with Gasteiger partial charge in [-0.05, 0) is 33.6 Å². The molecule has 1 aliphatic rings. The van der Waals surface area contributed by atoms with Gasteiger partial charge in [-0.2, -0.15) is 0 Å². The lowest BCUT2D eigenvalue weighted by Gasteiger charge is -2.30. The standard InChI is InChI=1S/C11H19NO2.C2H6/c1-9-5-7-12(8-6-9)10(13)14-11(2,3)4;1-2/h1,5-8H2,2-4H3;1-2H3. The summed E-state index contributed by atoms with van der Waals surface area (Å²) >= 11 is 0. The second kappa shape index (κ2) is 6.56. The van der Waals surface area contributed by atoms with Gasteiger partial charge >= 0.3 is 6.09 Å². The number of likely N-dealkylation sites (tertiary alicyclic amines) is 1. The van der Waals surface area contributed by atoms with Crippen LogP contribution < -0.4 is 0 Å². The normalized spacial score (nSPS) is 16.3. The molecule has 3 heteroatoms. The lowest BCUT2D eigenvalue weighted by atomic mass is 10.1. The first-order chi connectivity index (χ1) is 7.38. The molecule has 0 aromatic heterocycles. The van der Waals surface area contributed by atoms with Crippen LogP contribution in [-0.4, -0.2) is 29.7 Å². The number of rotatable bonds is 0. The number of carbonyl (C=O) groups is 1. The number of ether oxygens (including phenoxy) is 1. The predicted octanol–water partition coefficient (Wildman–Crippen LogP) is 3.60. The molecule has 0 unspecified atom stereocenters. The summed E-state index contributed by atoms with van der Waals surface area (Å²) in [5.41, 5.74) is 0.829. The minimum absolute atomic E-state index is 0.204. The van der Waals surface area contributed by atoms with Crippen LogP contribution >= 0.6 is 0 Å². The van der Waals surface area contributed by atoms with Crippen LogP contribution in [0.2, 0.25) is 0 Å². The van der Waals surface area contributed by atoms with Gasteiger partial charge in [-0.25, -0.2) is 4.79 Å². The summed E-state index contributed by atoms with van der Waals surface area (Å²) in [6, 6.07) is 0. The topological polar surface area (TPSA) is 29.5 Å². The number of nitrogens with zero attached hydrogens (tertiary/aromatic N) is 1. The first kappa shape index (κ1) is 15.0. The fourth-order valence-electron chi connectivity index (χ4n) is 1.33. The van der Waals surface area contributed by atoms with Gasteiger partial charge in [0.1, 0.15) is 5.60 Å². The van der Waals surface area contributed by atoms with Crippen molar-refractivity contribution in [1.29, 1.82) is 0 Å². The number of hydrogen-bond donors (Lipinski definition) is 0. The molecule has 1 fully saturated rings. The lowest BCUT2D eigenvalue weighted by molar-refractivity contribution is 0.0236. The van der Waals surface area contributed by atoms with Crippen LogP contribution in [0.3, 0.4) is 0 Å². The molecule has 1 heterocycles. The van der Waals surface area contributed by atoms with E-state index in [1.54, 1.807) is 4.90 Å². The highest BCUT2D eigenvalue weighted by atomic mass is 16.6. The third-order valence-electron chi connectivity index (χ3n) is 2.12. The second-order valence-electron chi connectivity index (χ2n) is 4.72. The fourth-order valence-corrected chi connectivity index (χ4v) is 1.33. The van der Waals surface area contributed by atoms with Crippen LogP contribution in [0.5, 0.6) is 0 Å². The van der Waals surface area contributed by atoms with E-state index in [2.05, 4.69) is 6.58 Å². The van der Waals surface area contributed by atoms with Crippen molar-refractivity contribution < 1.29 is 9.53 Å². The molecule has 0 spiro atoms. The first-order valence-corrected chi connectivity index (χ1v) is 6.03. The molecule has 16 heavy (non-hydrogen) atoms. The predicted molar refractivity (Wildman–Crippen MR) is 67.5 cm³/mol. The quantitative estimate of drug-likeness (QED) is 0.592. The summed E-state index contributed by atoms with van der Waals surface area (Å²) in [5.74, 6) is 0. The van der Waals surface area contributed by atoms with Crippen LogP contribution in [-0.2, 0) is 4.74 Å². The molecule has 0 N–H and O–H groups in total. The molecule has 0 aromatic carbocycles. The molecule has 1 aliphatic heterocycles. The maximum atomic E-state index is 11.6. The van der Waals surface area contributed by atoms with Gasteiger partial charge in [-0.1, -0.05) is 26.0 Å². The molecule has 1 rings (SSSR count). The van der Waals surface area contributed by atoms with Crippen LogP contribution in [0, 0.1) is 0 Å². The largest absolute Gasteiger partial charge is 0.444 e. The van der Waals surface area contributed by atoms with Crippen molar-refractivity contribution in [1.82, 2.24) is 4.90 Å². The van der Waals surface area contributed by atoms with Crippen molar-refractivity contribution in [2.24, 2.45) is 0 Å². The highest BCUT2D eigenvalue weighted by Gasteiger charge is 2.23. The Balaban J connectivity index is 0.00000106. The molecule has 1 amide bonds. The van der Waals surface area contributed by atoms with E-state index in [9.17, 15) is 4.79 Å². The Bertz CT molecular complexity index is 231. The van der Waals surface area contributed by atoms with E-state index in [-0.39, 0.29) is 6.09 Å². The SMILES string of the molecule is C=C1CCN(C(=O)OC(C)(C)C)CC1.CC. The monoisotopic (exact) mass is 227 g/mol.